The van der Waals surface area contributed by atoms with E-state index in [1.807, 2.05) is 12.1 Å². The highest BCUT2D eigenvalue weighted by Gasteiger charge is 2.13. The molecule has 0 saturated carbocycles. The number of halogens is 1. The van der Waals surface area contributed by atoms with Crippen molar-refractivity contribution in [2.75, 3.05) is 5.73 Å². The van der Waals surface area contributed by atoms with Gasteiger partial charge in [0.1, 0.15) is 0 Å². The number of rotatable bonds is 5. The summed E-state index contributed by atoms with van der Waals surface area (Å²) in [6.07, 6.45) is 1.12. The van der Waals surface area contributed by atoms with Gasteiger partial charge in [-0.1, -0.05) is 36.7 Å². The average Bonchev–Trinajstić information content (AvgIpc) is 2.87. The van der Waals surface area contributed by atoms with Crippen molar-refractivity contribution < 1.29 is 4.52 Å². The van der Waals surface area contributed by atoms with Gasteiger partial charge in [0.2, 0.25) is 0 Å². The minimum absolute atomic E-state index is 0.416. The Kier molecular flexibility index (Phi) is 4.71. The van der Waals surface area contributed by atoms with E-state index in [2.05, 4.69) is 24.0 Å². The van der Waals surface area contributed by atoms with E-state index in [4.69, 9.17) is 21.9 Å². The van der Waals surface area contributed by atoms with E-state index in [-0.39, 0.29) is 0 Å². The van der Waals surface area contributed by atoms with Crippen LogP contribution in [0.2, 0.25) is 5.02 Å². The van der Waals surface area contributed by atoms with E-state index in [1.165, 1.54) is 0 Å². The summed E-state index contributed by atoms with van der Waals surface area (Å²) in [5, 5.41) is 5.04. The summed E-state index contributed by atoms with van der Waals surface area (Å²) < 4.78 is 5.24. The molecule has 2 rings (SSSR count). The monoisotopic (exact) mass is 297 g/mol. The van der Waals surface area contributed by atoms with Gasteiger partial charge in [-0.25, -0.2) is 0 Å². The molecule has 1 unspecified atom stereocenters. The first-order valence-electron chi connectivity index (χ1n) is 6.10. The summed E-state index contributed by atoms with van der Waals surface area (Å²) in [4.78, 5) is 4.35. The number of hydrogen-bond acceptors (Lipinski definition) is 5. The number of nitrogens with two attached hydrogens (primary N) is 1. The molecule has 6 heteroatoms. The minimum atomic E-state index is 0.416. The van der Waals surface area contributed by atoms with Crippen LogP contribution in [0.3, 0.4) is 0 Å². The second-order valence-corrected chi connectivity index (χ2v) is 6.08. The number of aromatic nitrogens is 2. The topological polar surface area (TPSA) is 64.9 Å². The lowest BCUT2D eigenvalue weighted by Crippen LogP contribution is -1.95. The molecule has 2 N–H and O–H groups in total. The Morgan fingerprint density at radius 2 is 2.26 bits per heavy atom. The Morgan fingerprint density at radius 1 is 1.47 bits per heavy atom. The number of nitrogens with zero attached hydrogens (tertiary/aromatic N) is 2. The number of benzene rings is 1. The fraction of sp³-hybridized carbons (Fsp3) is 0.385. The van der Waals surface area contributed by atoms with Crippen LogP contribution < -0.4 is 5.73 Å². The van der Waals surface area contributed by atoms with E-state index in [0.717, 1.165) is 12.2 Å². The number of thioether (sulfide) groups is 1. The smallest absolute Gasteiger partial charge is 0.260 e. The van der Waals surface area contributed by atoms with Crippen LogP contribution >= 0.6 is 23.4 Å². The quantitative estimate of drug-likeness (QED) is 0.845. The van der Waals surface area contributed by atoms with Gasteiger partial charge in [-0.2, -0.15) is 16.7 Å². The van der Waals surface area contributed by atoms with Crippen molar-refractivity contribution in [1.29, 1.82) is 0 Å². The van der Waals surface area contributed by atoms with Crippen LogP contribution in [0.15, 0.2) is 22.7 Å². The van der Waals surface area contributed by atoms with E-state index >= 15 is 0 Å². The Bertz CT molecular complexity index is 559. The fourth-order valence-corrected chi connectivity index (χ4v) is 2.44. The molecule has 0 aliphatic carbocycles. The molecule has 19 heavy (non-hydrogen) atoms. The predicted octanol–water partition coefficient (Wildman–Crippen LogP) is 4.00. The van der Waals surface area contributed by atoms with Gasteiger partial charge in [-0.3, -0.25) is 0 Å². The van der Waals surface area contributed by atoms with E-state index in [1.54, 1.807) is 17.8 Å². The van der Waals surface area contributed by atoms with Crippen molar-refractivity contribution in [2.24, 2.45) is 0 Å². The van der Waals surface area contributed by atoms with Crippen LogP contribution in [0.25, 0.3) is 11.5 Å². The summed E-state index contributed by atoms with van der Waals surface area (Å²) in [5.41, 5.74) is 7.05. The Labute approximate surface area is 121 Å². The zero-order chi connectivity index (χ0) is 13.8. The molecule has 1 atom stereocenters. The minimum Gasteiger partial charge on any atom is -0.397 e. The van der Waals surface area contributed by atoms with Gasteiger partial charge in [-0.15, -0.1) is 0 Å². The van der Waals surface area contributed by atoms with Crippen LogP contribution in [0.5, 0.6) is 0 Å². The maximum atomic E-state index is 5.97. The zero-order valence-electron chi connectivity index (χ0n) is 10.9. The molecule has 4 nitrogen and oxygen atoms in total. The molecular formula is C13H16ClN3OS. The Balaban J connectivity index is 2.14. The second-order valence-electron chi connectivity index (χ2n) is 4.25. The van der Waals surface area contributed by atoms with Crippen LogP contribution in [-0.2, 0) is 5.75 Å². The standard InChI is InChI=1S/C13H16ClN3OS/c1-3-8(2)19-7-11-16-13(18-17-11)9-5-4-6-10(14)12(9)15/h4-6,8H,3,7,15H2,1-2H3. The largest absolute Gasteiger partial charge is 0.397 e. The maximum absolute atomic E-state index is 5.97. The fourth-order valence-electron chi connectivity index (χ4n) is 1.48. The molecule has 1 heterocycles. The van der Waals surface area contributed by atoms with Crippen molar-refractivity contribution in [2.45, 2.75) is 31.3 Å². The third-order valence-electron chi connectivity index (χ3n) is 2.82. The number of nitrogen functional groups attached to an aromatic ring is 1. The van der Waals surface area contributed by atoms with Gasteiger partial charge in [0.05, 0.1) is 22.0 Å². The lowest BCUT2D eigenvalue weighted by molar-refractivity contribution is 0.425. The van der Waals surface area contributed by atoms with Gasteiger partial charge in [0.15, 0.2) is 5.82 Å². The normalized spacial score (nSPS) is 12.6. The Morgan fingerprint density at radius 3 is 3.00 bits per heavy atom. The average molecular weight is 298 g/mol. The SMILES string of the molecule is CCC(C)SCc1noc(-c2cccc(Cl)c2N)n1. The summed E-state index contributed by atoms with van der Waals surface area (Å²) in [6.45, 7) is 4.34. The summed E-state index contributed by atoms with van der Waals surface area (Å²) in [5.74, 6) is 1.83. The molecule has 0 radical (unpaired) electrons. The molecule has 0 fully saturated rings. The third kappa shape index (κ3) is 3.42. The summed E-state index contributed by atoms with van der Waals surface area (Å²) in [6, 6.07) is 5.36. The first kappa shape index (κ1) is 14.2. The van der Waals surface area contributed by atoms with Crippen molar-refractivity contribution in [3.8, 4) is 11.5 Å². The van der Waals surface area contributed by atoms with Gasteiger partial charge in [0, 0.05) is 5.25 Å². The molecular weight excluding hydrogens is 282 g/mol. The first-order valence-corrected chi connectivity index (χ1v) is 7.53. The molecule has 1 aromatic carbocycles. The van der Waals surface area contributed by atoms with Crippen molar-refractivity contribution in [1.82, 2.24) is 10.1 Å². The summed E-state index contributed by atoms with van der Waals surface area (Å²) in [7, 11) is 0. The second kappa shape index (κ2) is 6.30. The van der Waals surface area contributed by atoms with E-state index in [9.17, 15) is 0 Å². The van der Waals surface area contributed by atoms with Crippen molar-refractivity contribution in [3.63, 3.8) is 0 Å². The Hall–Kier alpha value is -1.20. The number of hydrogen-bond donors (Lipinski definition) is 1. The van der Waals surface area contributed by atoms with E-state index in [0.29, 0.717) is 33.2 Å². The molecule has 0 aliphatic heterocycles. The first-order chi connectivity index (χ1) is 9.11. The van der Waals surface area contributed by atoms with Gasteiger partial charge in [-0.05, 0) is 18.6 Å². The lowest BCUT2D eigenvalue weighted by Gasteiger charge is -2.04. The highest BCUT2D eigenvalue weighted by Crippen LogP contribution is 2.30. The number of para-hydroxylation sites is 1. The van der Waals surface area contributed by atoms with Gasteiger partial charge < -0.3 is 10.3 Å². The molecule has 0 saturated heterocycles. The number of anilines is 1. The predicted molar refractivity (Wildman–Crippen MR) is 80.2 cm³/mol. The summed E-state index contributed by atoms with van der Waals surface area (Å²) >= 11 is 7.78. The molecule has 102 valence electrons. The molecule has 0 spiro atoms. The zero-order valence-corrected chi connectivity index (χ0v) is 12.5. The molecule has 0 bridgehead atoms. The van der Waals surface area contributed by atoms with Crippen molar-refractivity contribution >= 4 is 29.1 Å². The van der Waals surface area contributed by atoms with Crippen LogP contribution in [-0.4, -0.2) is 15.4 Å². The van der Waals surface area contributed by atoms with E-state index < -0.39 is 0 Å². The van der Waals surface area contributed by atoms with Gasteiger partial charge in [0.25, 0.3) is 5.89 Å². The molecule has 1 aromatic heterocycles. The lowest BCUT2D eigenvalue weighted by atomic mass is 10.2. The highest BCUT2D eigenvalue weighted by atomic mass is 35.5. The van der Waals surface area contributed by atoms with Gasteiger partial charge >= 0.3 is 0 Å². The third-order valence-corrected chi connectivity index (χ3v) is 4.48. The van der Waals surface area contributed by atoms with Crippen molar-refractivity contribution in [3.05, 3.63) is 29.0 Å². The maximum Gasteiger partial charge on any atom is 0.260 e. The molecule has 2 aromatic rings. The highest BCUT2D eigenvalue weighted by molar-refractivity contribution is 7.99. The molecule has 0 amide bonds. The molecule has 0 aliphatic rings. The van der Waals surface area contributed by atoms with Crippen LogP contribution in [0.1, 0.15) is 26.1 Å². The van der Waals surface area contributed by atoms with Crippen LogP contribution in [0.4, 0.5) is 5.69 Å². The van der Waals surface area contributed by atoms with Crippen LogP contribution in [0, 0.1) is 0 Å².